The predicted molar refractivity (Wildman–Crippen MR) is 74.6 cm³/mol. The van der Waals surface area contributed by atoms with E-state index in [-0.39, 0.29) is 18.4 Å². The van der Waals surface area contributed by atoms with Crippen LogP contribution >= 0.6 is 0 Å². The maximum atomic E-state index is 13.2. The third kappa shape index (κ3) is 5.06. The topological polar surface area (TPSA) is 49.8 Å². The normalized spacial score (nSPS) is 14.0. The molecule has 0 aliphatic carbocycles. The van der Waals surface area contributed by atoms with Crippen LogP contribution in [0.25, 0.3) is 0 Å². The lowest BCUT2D eigenvalue weighted by Crippen LogP contribution is -2.35. The van der Waals surface area contributed by atoms with Crippen LogP contribution in [0.1, 0.15) is 25.5 Å². The van der Waals surface area contributed by atoms with Gasteiger partial charge in [0.1, 0.15) is 0 Å². The van der Waals surface area contributed by atoms with Gasteiger partial charge >= 0.3 is 5.97 Å². The maximum absolute atomic E-state index is 13.2. The molecule has 0 aromatic heterocycles. The van der Waals surface area contributed by atoms with E-state index < -0.39 is 17.7 Å². The average Bonchev–Trinajstić information content (AvgIpc) is 2.47. The lowest BCUT2D eigenvalue weighted by molar-refractivity contribution is -0.145. The highest BCUT2D eigenvalue weighted by Crippen LogP contribution is 2.18. The van der Waals surface area contributed by atoms with Crippen molar-refractivity contribution in [1.82, 2.24) is 4.90 Å². The second kappa shape index (κ2) is 8.05. The molecule has 0 saturated heterocycles. The summed E-state index contributed by atoms with van der Waals surface area (Å²) in [6.07, 6.45) is -0.954. The summed E-state index contributed by atoms with van der Waals surface area (Å²) in [5.74, 6) is -2.59. The zero-order chi connectivity index (χ0) is 16.0. The number of methoxy groups -OCH3 is 1. The molecule has 1 N–H and O–H groups in total. The molecule has 2 atom stereocenters. The Labute approximate surface area is 123 Å². The van der Waals surface area contributed by atoms with E-state index in [1.165, 1.54) is 13.2 Å². The third-order valence-corrected chi connectivity index (χ3v) is 3.34. The van der Waals surface area contributed by atoms with Crippen LogP contribution in [-0.2, 0) is 9.53 Å². The summed E-state index contributed by atoms with van der Waals surface area (Å²) in [5, 5.41) is 10.1. The molecule has 21 heavy (non-hydrogen) atoms. The number of ether oxygens (including phenoxy) is 1. The summed E-state index contributed by atoms with van der Waals surface area (Å²) in [5.41, 5.74) is 0.304. The van der Waals surface area contributed by atoms with Gasteiger partial charge in [-0.3, -0.25) is 9.69 Å². The Morgan fingerprint density at radius 3 is 2.52 bits per heavy atom. The van der Waals surface area contributed by atoms with Gasteiger partial charge in [-0.2, -0.15) is 0 Å². The average molecular weight is 301 g/mol. The van der Waals surface area contributed by atoms with Crippen LogP contribution in [0.2, 0.25) is 0 Å². The van der Waals surface area contributed by atoms with Gasteiger partial charge < -0.3 is 9.84 Å². The van der Waals surface area contributed by atoms with Crippen molar-refractivity contribution in [1.29, 1.82) is 0 Å². The van der Waals surface area contributed by atoms with E-state index in [0.29, 0.717) is 18.7 Å². The molecule has 0 radical (unpaired) electrons. The molecule has 6 heteroatoms. The van der Waals surface area contributed by atoms with Crippen LogP contribution in [0, 0.1) is 17.6 Å². The fourth-order valence-corrected chi connectivity index (χ4v) is 2.07. The largest absolute Gasteiger partial charge is 0.469 e. The van der Waals surface area contributed by atoms with Crippen LogP contribution in [0.4, 0.5) is 8.78 Å². The molecular formula is C15H21F2NO3. The van der Waals surface area contributed by atoms with Crippen molar-refractivity contribution in [2.24, 2.45) is 5.92 Å². The molecular weight excluding hydrogens is 280 g/mol. The predicted octanol–water partition coefficient (Wildman–Crippen LogP) is 2.13. The first kappa shape index (κ1) is 17.5. The lowest BCUT2D eigenvalue weighted by atomic mass is 10.1. The van der Waals surface area contributed by atoms with Crippen molar-refractivity contribution in [3.05, 3.63) is 35.4 Å². The second-order valence-corrected chi connectivity index (χ2v) is 4.97. The SMILES string of the molecule is CCN(CC(C)C(=O)OC)CC(O)c1ccc(F)c(F)c1. The molecule has 1 rings (SSSR count). The molecule has 1 aromatic carbocycles. The van der Waals surface area contributed by atoms with Gasteiger partial charge in [0, 0.05) is 13.1 Å². The highest BCUT2D eigenvalue weighted by molar-refractivity contribution is 5.72. The van der Waals surface area contributed by atoms with Crippen LogP contribution in [0.3, 0.4) is 0 Å². The fraction of sp³-hybridized carbons (Fsp3) is 0.533. The van der Waals surface area contributed by atoms with Gasteiger partial charge in [0.25, 0.3) is 0 Å². The van der Waals surface area contributed by atoms with Crippen molar-refractivity contribution in [3.8, 4) is 0 Å². The number of likely N-dealkylation sites (N-methyl/N-ethyl adjacent to an activating group) is 1. The van der Waals surface area contributed by atoms with Gasteiger partial charge in [-0.25, -0.2) is 8.78 Å². The molecule has 0 fully saturated rings. The first-order valence-corrected chi connectivity index (χ1v) is 6.82. The number of halogens is 2. The lowest BCUT2D eigenvalue weighted by Gasteiger charge is -2.25. The summed E-state index contributed by atoms with van der Waals surface area (Å²) in [6.45, 7) is 4.88. The number of nitrogens with zero attached hydrogens (tertiary/aromatic N) is 1. The minimum atomic E-state index is -0.988. The van der Waals surface area contributed by atoms with E-state index in [4.69, 9.17) is 0 Å². The van der Waals surface area contributed by atoms with E-state index in [1.807, 2.05) is 11.8 Å². The number of aliphatic hydroxyl groups excluding tert-OH is 1. The molecule has 0 bridgehead atoms. The number of carbonyl (C=O) groups excluding carboxylic acids is 1. The number of aliphatic hydroxyl groups is 1. The van der Waals surface area contributed by atoms with E-state index in [1.54, 1.807) is 6.92 Å². The van der Waals surface area contributed by atoms with Gasteiger partial charge in [0.2, 0.25) is 0 Å². The van der Waals surface area contributed by atoms with Crippen LogP contribution in [0.5, 0.6) is 0 Å². The van der Waals surface area contributed by atoms with Crippen LogP contribution < -0.4 is 0 Å². The minimum absolute atomic E-state index is 0.225. The van der Waals surface area contributed by atoms with Gasteiger partial charge in [0.05, 0.1) is 19.1 Å². The summed E-state index contributed by atoms with van der Waals surface area (Å²) in [7, 11) is 1.32. The molecule has 0 spiro atoms. The number of esters is 1. The second-order valence-electron chi connectivity index (χ2n) is 4.97. The Morgan fingerprint density at radius 2 is 2.00 bits per heavy atom. The van der Waals surface area contributed by atoms with E-state index in [9.17, 15) is 18.7 Å². The van der Waals surface area contributed by atoms with Crippen molar-refractivity contribution >= 4 is 5.97 Å². The quantitative estimate of drug-likeness (QED) is 0.784. The molecule has 0 saturated carbocycles. The molecule has 1 aromatic rings. The number of benzene rings is 1. The third-order valence-electron chi connectivity index (χ3n) is 3.34. The number of carbonyl (C=O) groups is 1. The number of rotatable bonds is 7. The monoisotopic (exact) mass is 301 g/mol. The Balaban J connectivity index is 2.67. The standard InChI is InChI=1S/C15H21F2NO3/c1-4-18(8-10(2)15(20)21-3)9-14(19)11-5-6-12(16)13(17)7-11/h5-7,10,14,19H,4,8-9H2,1-3H3. The Kier molecular flexibility index (Phi) is 6.71. The zero-order valence-electron chi connectivity index (χ0n) is 12.5. The van der Waals surface area contributed by atoms with E-state index in [2.05, 4.69) is 4.74 Å². The van der Waals surface area contributed by atoms with Crippen molar-refractivity contribution in [3.63, 3.8) is 0 Å². The highest BCUT2D eigenvalue weighted by atomic mass is 19.2. The Hall–Kier alpha value is -1.53. The summed E-state index contributed by atoms with van der Waals surface area (Å²) in [6, 6.07) is 3.32. The van der Waals surface area contributed by atoms with Crippen molar-refractivity contribution in [2.45, 2.75) is 20.0 Å². The molecule has 0 amide bonds. The van der Waals surface area contributed by atoms with E-state index >= 15 is 0 Å². The molecule has 4 nitrogen and oxygen atoms in total. The summed E-state index contributed by atoms with van der Waals surface area (Å²) in [4.78, 5) is 13.3. The molecule has 0 heterocycles. The van der Waals surface area contributed by atoms with Gasteiger partial charge in [0.15, 0.2) is 11.6 Å². The Morgan fingerprint density at radius 1 is 1.33 bits per heavy atom. The first-order valence-electron chi connectivity index (χ1n) is 6.82. The number of hydrogen-bond acceptors (Lipinski definition) is 4. The molecule has 0 aliphatic rings. The maximum Gasteiger partial charge on any atom is 0.309 e. The van der Waals surface area contributed by atoms with Gasteiger partial charge in [-0.1, -0.05) is 19.9 Å². The van der Waals surface area contributed by atoms with E-state index in [0.717, 1.165) is 12.1 Å². The van der Waals surface area contributed by atoms with Crippen LogP contribution in [-0.4, -0.2) is 42.7 Å². The van der Waals surface area contributed by atoms with Crippen molar-refractivity contribution < 1.29 is 23.4 Å². The highest BCUT2D eigenvalue weighted by Gasteiger charge is 2.20. The Bertz CT molecular complexity index is 482. The number of hydrogen-bond donors (Lipinski definition) is 1. The molecule has 0 aliphatic heterocycles. The smallest absolute Gasteiger partial charge is 0.309 e. The summed E-state index contributed by atoms with van der Waals surface area (Å²) >= 11 is 0. The van der Waals surface area contributed by atoms with Crippen molar-refractivity contribution in [2.75, 3.05) is 26.7 Å². The molecule has 2 unspecified atom stereocenters. The first-order chi connectivity index (χ1) is 9.88. The summed E-state index contributed by atoms with van der Waals surface area (Å²) < 4.78 is 30.7. The molecule has 118 valence electrons. The van der Waals surface area contributed by atoms with Crippen LogP contribution in [0.15, 0.2) is 18.2 Å². The zero-order valence-corrected chi connectivity index (χ0v) is 12.5. The minimum Gasteiger partial charge on any atom is -0.469 e. The van der Waals surface area contributed by atoms with Gasteiger partial charge in [-0.15, -0.1) is 0 Å². The fourth-order valence-electron chi connectivity index (χ4n) is 2.07. The van der Waals surface area contributed by atoms with Gasteiger partial charge in [-0.05, 0) is 24.2 Å².